The van der Waals surface area contributed by atoms with E-state index in [4.69, 9.17) is 9.72 Å². The SMILES string of the molecule is Oc1ccccc1-c1[c-]c(-c2cccc(Oc3ccccn3)n2)cnc1-c1ccccc1.[Pt]. The van der Waals surface area contributed by atoms with Gasteiger partial charge in [0.1, 0.15) is 0 Å². The zero-order chi connectivity index (χ0) is 21.8. The first kappa shape index (κ1) is 22.4. The van der Waals surface area contributed by atoms with Crippen LogP contribution in [0.25, 0.3) is 33.6 Å². The maximum absolute atomic E-state index is 10.5. The maximum atomic E-state index is 10.5. The third-order valence-corrected chi connectivity index (χ3v) is 4.89. The number of pyridine rings is 3. The number of rotatable bonds is 5. The summed E-state index contributed by atoms with van der Waals surface area (Å²) in [6.07, 6.45) is 3.40. The standard InChI is InChI=1S/C27H18N3O2.Pt/c31-24-13-5-4-11-21(24)22-17-20(18-29-27(22)19-9-2-1-3-10-19)23-12-8-15-26(30-23)32-25-14-6-7-16-28-25;/h1-16,18,31H;/q-1;. The molecule has 5 aromatic rings. The van der Waals surface area contributed by atoms with Gasteiger partial charge in [-0.2, -0.15) is 0 Å². The van der Waals surface area contributed by atoms with Gasteiger partial charge in [0.2, 0.25) is 11.8 Å². The van der Waals surface area contributed by atoms with E-state index in [1.807, 2.05) is 66.7 Å². The number of aromatic nitrogens is 3. The van der Waals surface area contributed by atoms with E-state index in [1.165, 1.54) is 0 Å². The summed E-state index contributed by atoms with van der Waals surface area (Å²) in [5.41, 5.74) is 4.37. The van der Waals surface area contributed by atoms with Crippen molar-refractivity contribution in [1.82, 2.24) is 15.0 Å². The van der Waals surface area contributed by atoms with Gasteiger partial charge in [0.05, 0.1) is 5.75 Å². The van der Waals surface area contributed by atoms with E-state index in [9.17, 15) is 5.11 Å². The van der Waals surface area contributed by atoms with Crippen molar-refractivity contribution in [3.8, 4) is 51.2 Å². The van der Waals surface area contributed by atoms with Crippen molar-refractivity contribution >= 4 is 0 Å². The number of phenols is 1. The number of phenolic OH excluding ortho intramolecular Hbond substituents is 1. The third kappa shape index (κ3) is 4.99. The van der Waals surface area contributed by atoms with Gasteiger partial charge in [-0.25, -0.2) is 4.98 Å². The van der Waals surface area contributed by atoms with Gasteiger partial charge < -0.3 is 14.8 Å². The van der Waals surface area contributed by atoms with Crippen molar-refractivity contribution < 1.29 is 30.9 Å². The van der Waals surface area contributed by atoms with Crippen LogP contribution in [0.5, 0.6) is 17.5 Å². The number of para-hydroxylation sites is 1. The van der Waals surface area contributed by atoms with Gasteiger partial charge >= 0.3 is 0 Å². The molecule has 0 radical (unpaired) electrons. The summed E-state index contributed by atoms with van der Waals surface area (Å²) in [5, 5.41) is 10.5. The fraction of sp³-hybridized carbons (Fsp3) is 0. The minimum atomic E-state index is 0. The quantitative estimate of drug-likeness (QED) is 0.241. The fourth-order valence-corrected chi connectivity index (χ4v) is 3.38. The molecule has 0 atom stereocenters. The molecule has 0 aliphatic heterocycles. The molecule has 0 amide bonds. The summed E-state index contributed by atoms with van der Waals surface area (Å²) in [4.78, 5) is 13.5. The molecule has 3 aromatic heterocycles. The Morgan fingerprint density at radius 2 is 1.48 bits per heavy atom. The zero-order valence-corrected chi connectivity index (χ0v) is 19.6. The Labute approximate surface area is 206 Å². The molecule has 6 heteroatoms. The second-order valence-electron chi connectivity index (χ2n) is 7.03. The van der Waals surface area contributed by atoms with Gasteiger partial charge in [0.15, 0.2) is 0 Å². The summed E-state index contributed by atoms with van der Waals surface area (Å²) in [7, 11) is 0. The Morgan fingerprint density at radius 1 is 0.727 bits per heavy atom. The molecular weight excluding hydrogens is 593 g/mol. The predicted octanol–water partition coefficient (Wildman–Crippen LogP) is 6.17. The number of nitrogens with zero attached hydrogens (tertiary/aromatic N) is 3. The van der Waals surface area contributed by atoms with Gasteiger partial charge in [-0.15, -0.1) is 6.07 Å². The largest absolute Gasteiger partial charge is 0.515 e. The Bertz CT molecular complexity index is 1360. The van der Waals surface area contributed by atoms with Crippen molar-refractivity contribution in [2.75, 3.05) is 0 Å². The molecule has 5 rings (SSSR count). The smallest absolute Gasteiger partial charge is 0.221 e. The van der Waals surface area contributed by atoms with E-state index in [1.54, 1.807) is 36.7 Å². The molecule has 5 nitrogen and oxygen atoms in total. The second kappa shape index (κ2) is 10.2. The summed E-state index contributed by atoms with van der Waals surface area (Å²) in [5.74, 6) is 1.06. The van der Waals surface area contributed by atoms with Crippen molar-refractivity contribution in [2.45, 2.75) is 0 Å². The second-order valence-corrected chi connectivity index (χ2v) is 7.03. The first-order valence-corrected chi connectivity index (χ1v) is 10.1. The molecule has 0 saturated heterocycles. The van der Waals surface area contributed by atoms with Gasteiger partial charge in [-0.05, 0) is 35.5 Å². The molecule has 0 aliphatic carbocycles. The van der Waals surface area contributed by atoms with Crippen molar-refractivity contribution in [3.63, 3.8) is 0 Å². The Hall–Kier alpha value is -3.82. The van der Waals surface area contributed by atoms with E-state index >= 15 is 0 Å². The van der Waals surface area contributed by atoms with Crippen LogP contribution in [0.2, 0.25) is 0 Å². The molecule has 33 heavy (non-hydrogen) atoms. The minimum absolute atomic E-state index is 0. The minimum Gasteiger partial charge on any atom is -0.515 e. The van der Waals surface area contributed by atoms with Crippen LogP contribution in [0.3, 0.4) is 0 Å². The number of ether oxygens (including phenoxy) is 1. The molecule has 0 saturated carbocycles. The molecule has 2 aromatic carbocycles. The number of hydrogen-bond donors (Lipinski definition) is 1. The average molecular weight is 612 g/mol. The van der Waals surface area contributed by atoms with Crippen LogP contribution in [-0.4, -0.2) is 20.1 Å². The monoisotopic (exact) mass is 611 g/mol. The summed E-state index contributed by atoms with van der Waals surface area (Å²) >= 11 is 0. The molecule has 164 valence electrons. The van der Waals surface area contributed by atoms with Gasteiger partial charge in [-0.1, -0.05) is 77.9 Å². The summed E-state index contributed by atoms with van der Waals surface area (Å²) in [6, 6.07) is 31.4. The maximum Gasteiger partial charge on any atom is 0.221 e. The van der Waals surface area contributed by atoms with Crippen LogP contribution in [0.15, 0.2) is 103 Å². The summed E-state index contributed by atoms with van der Waals surface area (Å²) in [6.45, 7) is 0. The van der Waals surface area contributed by atoms with Crippen molar-refractivity contribution in [1.29, 1.82) is 0 Å². The first-order chi connectivity index (χ1) is 15.8. The van der Waals surface area contributed by atoms with E-state index in [0.29, 0.717) is 34.1 Å². The predicted molar refractivity (Wildman–Crippen MR) is 123 cm³/mol. The first-order valence-electron chi connectivity index (χ1n) is 10.1. The van der Waals surface area contributed by atoms with E-state index in [0.717, 1.165) is 11.3 Å². The van der Waals surface area contributed by atoms with Crippen molar-refractivity contribution in [3.05, 3.63) is 109 Å². The van der Waals surface area contributed by atoms with E-state index in [2.05, 4.69) is 16.0 Å². The molecule has 0 spiro atoms. The van der Waals surface area contributed by atoms with Crippen LogP contribution >= 0.6 is 0 Å². The molecule has 0 bridgehead atoms. The Balaban J connectivity index is 0.00000259. The third-order valence-electron chi connectivity index (χ3n) is 4.89. The van der Waals surface area contributed by atoms with Crippen LogP contribution in [0.4, 0.5) is 0 Å². The normalized spacial score (nSPS) is 10.3. The molecule has 1 N–H and O–H groups in total. The van der Waals surface area contributed by atoms with Gasteiger partial charge in [-0.3, -0.25) is 4.98 Å². The molecule has 0 unspecified atom stereocenters. The molecule has 0 aliphatic rings. The molecule has 0 fully saturated rings. The topological polar surface area (TPSA) is 68.1 Å². The fourth-order valence-electron chi connectivity index (χ4n) is 3.38. The average Bonchev–Trinajstić information content (AvgIpc) is 2.85. The van der Waals surface area contributed by atoms with Crippen LogP contribution < -0.4 is 4.74 Å². The number of aromatic hydroxyl groups is 1. The molecular formula is C27H18N3O2Pt-. The Kier molecular flexibility index (Phi) is 6.91. The van der Waals surface area contributed by atoms with Crippen LogP contribution in [0.1, 0.15) is 0 Å². The van der Waals surface area contributed by atoms with Crippen molar-refractivity contribution in [2.24, 2.45) is 0 Å². The molecule has 3 heterocycles. The van der Waals surface area contributed by atoms with E-state index in [-0.39, 0.29) is 26.8 Å². The summed E-state index contributed by atoms with van der Waals surface area (Å²) < 4.78 is 5.77. The Morgan fingerprint density at radius 3 is 2.27 bits per heavy atom. The number of hydrogen-bond acceptors (Lipinski definition) is 5. The van der Waals surface area contributed by atoms with E-state index < -0.39 is 0 Å². The van der Waals surface area contributed by atoms with Crippen LogP contribution in [-0.2, 0) is 21.1 Å². The van der Waals surface area contributed by atoms with Gasteiger partial charge in [0.25, 0.3) is 0 Å². The number of benzene rings is 2. The van der Waals surface area contributed by atoms with Crippen LogP contribution in [0, 0.1) is 6.07 Å². The van der Waals surface area contributed by atoms with Gasteiger partial charge in [0, 0.05) is 44.7 Å². The zero-order valence-electron chi connectivity index (χ0n) is 17.3.